The van der Waals surface area contributed by atoms with Crippen molar-refractivity contribution in [3.05, 3.63) is 83.4 Å². The van der Waals surface area contributed by atoms with Crippen molar-refractivity contribution < 1.29 is 37.2 Å². The van der Waals surface area contributed by atoms with E-state index in [9.17, 15) is 32.5 Å². The first kappa shape index (κ1) is 29.5. The summed E-state index contributed by atoms with van der Waals surface area (Å²) in [6, 6.07) is 17.4. The summed E-state index contributed by atoms with van der Waals surface area (Å²) in [5.41, 5.74) is 9.21. The maximum atomic E-state index is 13.1. The van der Waals surface area contributed by atoms with E-state index in [2.05, 4.69) is 16.0 Å². The molecule has 4 rings (SSSR count). The molecule has 13 heteroatoms. The molecular weight excluding hydrogens is 552 g/mol. The van der Waals surface area contributed by atoms with Gasteiger partial charge in [-0.15, -0.1) is 0 Å². The molecule has 1 aliphatic rings. The van der Waals surface area contributed by atoms with E-state index >= 15 is 0 Å². The Morgan fingerprint density at radius 1 is 0.976 bits per heavy atom. The third-order valence-corrected chi connectivity index (χ3v) is 7.64. The number of carbonyl (C=O) groups is 3. The first-order valence-electron chi connectivity index (χ1n) is 12.8. The van der Waals surface area contributed by atoms with Gasteiger partial charge in [-0.3, -0.25) is 9.35 Å². The fourth-order valence-electron chi connectivity index (χ4n) is 4.80. The lowest BCUT2D eigenvalue weighted by molar-refractivity contribution is -0.118. The minimum Gasteiger partial charge on any atom is -0.449 e. The van der Waals surface area contributed by atoms with Gasteiger partial charge in [0.1, 0.15) is 17.5 Å². The number of aliphatic hydroxyl groups excluding tert-OH is 1. The van der Waals surface area contributed by atoms with Crippen LogP contribution >= 0.6 is 0 Å². The first-order valence-corrected chi connectivity index (χ1v) is 14.2. The van der Waals surface area contributed by atoms with Crippen LogP contribution in [0.4, 0.5) is 15.3 Å². The van der Waals surface area contributed by atoms with E-state index in [1.54, 1.807) is 0 Å². The van der Waals surface area contributed by atoms with Gasteiger partial charge in [0.25, 0.3) is 10.1 Å². The number of nitrogens with one attached hydrogen (secondary N) is 3. The number of ether oxygens (including phenoxy) is 1. The largest absolute Gasteiger partial charge is 0.449 e. The number of anilines is 1. The summed E-state index contributed by atoms with van der Waals surface area (Å²) in [7, 11) is -4.68. The molecule has 3 aromatic carbocycles. The first-order chi connectivity index (χ1) is 19.6. The van der Waals surface area contributed by atoms with Crippen LogP contribution in [0.3, 0.4) is 0 Å². The number of benzene rings is 3. The number of carbonyl (C=O) groups excluding carboxylic acids is 3. The van der Waals surface area contributed by atoms with Gasteiger partial charge in [0.2, 0.25) is 5.91 Å². The van der Waals surface area contributed by atoms with Crippen LogP contribution < -0.4 is 21.7 Å². The average Bonchev–Trinajstić information content (AvgIpc) is 3.26. The van der Waals surface area contributed by atoms with Gasteiger partial charge in [-0.25, -0.2) is 9.59 Å². The Hall–Kier alpha value is -4.46. The molecule has 0 heterocycles. The Bertz CT molecular complexity index is 1510. The van der Waals surface area contributed by atoms with Crippen LogP contribution in [0.1, 0.15) is 35.4 Å². The number of primary amides is 1. The number of alkyl carbamates (subject to hydrolysis) is 1. The predicted octanol–water partition coefficient (Wildman–Crippen LogP) is 2.72. The molecule has 216 valence electrons. The second-order valence-electron chi connectivity index (χ2n) is 9.40. The van der Waals surface area contributed by atoms with Crippen molar-refractivity contribution in [1.82, 2.24) is 10.6 Å². The molecule has 0 spiro atoms. The van der Waals surface area contributed by atoms with Gasteiger partial charge >= 0.3 is 12.1 Å². The molecule has 0 aromatic heterocycles. The van der Waals surface area contributed by atoms with Crippen molar-refractivity contribution in [2.24, 2.45) is 5.73 Å². The quantitative estimate of drug-likeness (QED) is 0.146. The fraction of sp³-hybridized carbons (Fsp3) is 0.250. The summed E-state index contributed by atoms with van der Waals surface area (Å²) in [4.78, 5) is 36.4. The van der Waals surface area contributed by atoms with Crippen LogP contribution in [0.5, 0.6) is 0 Å². The van der Waals surface area contributed by atoms with Crippen molar-refractivity contribution >= 4 is 33.8 Å². The van der Waals surface area contributed by atoms with Gasteiger partial charge in [0, 0.05) is 18.2 Å². The van der Waals surface area contributed by atoms with E-state index in [0.717, 1.165) is 28.3 Å². The van der Waals surface area contributed by atoms with Gasteiger partial charge < -0.3 is 31.5 Å². The summed E-state index contributed by atoms with van der Waals surface area (Å²) in [6.45, 7) is -0.483. The number of hydrogen-bond donors (Lipinski definition) is 6. The zero-order chi connectivity index (χ0) is 29.6. The van der Waals surface area contributed by atoms with E-state index in [4.69, 9.17) is 10.5 Å². The molecular formula is C28H30N4O8S. The Labute approximate surface area is 236 Å². The molecule has 0 aliphatic heterocycles. The topological polar surface area (TPSA) is 197 Å². The highest BCUT2D eigenvalue weighted by Gasteiger charge is 2.30. The molecule has 0 fully saturated rings. The Morgan fingerprint density at radius 2 is 1.61 bits per heavy atom. The Morgan fingerprint density at radius 3 is 2.20 bits per heavy atom. The third kappa shape index (κ3) is 7.20. The molecule has 0 bridgehead atoms. The summed E-state index contributed by atoms with van der Waals surface area (Å²) < 4.78 is 38.4. The molecule has 1 unspecified atom stereocenters. The molecule has 1 aliphatic carbocycles. The smallest absolute Gasteiger partial charge is 0.407 e. The molecule has 41 heavy (non-hydrogen) atoms. The van der Waals surface area contributed by atoms with E-state index in [-0.39, 0.29) is 43.2 Å². The second-order valence-corrected chi connectivity index (χ2v) is 10.8. The summed E-state index contributed by atoms with van der Waals surface area (Å²) in [5, 5.41) is 16.8. The van der Waals surface area contributed by atoms with Crippen LogP contribution in [0.15, 0.2) is 71.6 Å². The average molecular weight is 583 g/mol. The highest BCUT2D eigenvalue weighted by Crippen LogP contribution is 2.44. The van der Waals surface area contributed by atoms with Gasteiger partial charge in [-0.2, -0.15) is 8.42 Å². The maximum Gasteiger partial charge on any atom is 0.407 e. The number of aliphatic hydroxyl groups is 1. The SMILES string of the molecule is NC(=O)NCCCC(NC(=O)OCC1c2ccccc2-c2ccccc21)C(=O)Nc1ccc(CO)c(S(=O)(=O)O)c1. The fourth-order valence-corrected chi connectivity index (χ4v) is 5.54. The molecule has 0 saturated heterocycles. The molecule has 7 N–H and O–H groups in total. The zero-order valence-electron chi connectivity index (χ0n) is 21.9. The molecule has 1 atom stereocenters. The van der Waals surface area contributed by atoms with Crippen molar-refractivity contribution in [3.63, 3.8) is 0 Å². The third-order valence-electron chi connectivity index (χ3n) is 6.70. The minimum absolute atomic E-state index is 0.00872. The maximum absolute atomic E-state index is 13.1. The lowest BCUT2D eigenvalue weighted by Gasteiger charge is -2.20. The van der Waals surface area contributed by atoms with Crippen molar-refractivity contribution in [1.29, 1.82) is 0 Å². The molecule has 0 saturated carbocycles. The molecule has 12 nitrogen and oxygen atoms in total. The van der Waals surface area contributed by atoms with Crippen LogP contribution in [-0.2, 0) is 26.3 Å². The summed E-state index contributed by atoms with van der Waals surface area (Å²) >= 11 is 0. The number of rotatable bonds is 11. The van der Waals surface area contributed by atoms with E-state index < -0.39 is 45.7 Å². The normalized spacial score (nSPS) is 13.0. The second kappa shape index (κ2) is 12.8. The van der Waals surface area contributed by atoms with Gasteiger partial charge in [0.15, 0.2) is 0 Å². The number of urea groups is 1. The number of fused-ring (bicyclic) bond motifs is 3. The number of amides is 4. The lowest BCUT2D eigenvalue weighted by Crippen LogP contribution is -2.44. The van der Waals surface area contributed by atoms with Crippen LogP contribution in [0, 0.1) is 0 Å². The lowest BCUT2D eigenvalue weighted by atomic mass is 9.98. The Kier molecular flexibility index (Phi) is 9.22. The molecule has 4 amide bonds. The predicted molar refractivity (Wildman–Crippen MR) is 150 cm³/mol. The minimum atomic E-state index is -4.68. The number of hydrogen-bond acceptors (Lipinski definition) is 7. The number of nitrogens with two attached hydrogens (primary N) is 1. The monoisotopic (exact) mass is 582 g/mol. The van der Waals surface area contributed by atoms with E-state index in [1.807, 2.05) is 48.5 Å². The van der Waals surface area contributed by atoms with Gasteiger partial charge in [-0.05, 0) is 52.8 Å². The highest BCUT2D eigenvalue weighted by atomic mass is 32.2. The van der Waals surface area contributed by atoms with Crippen LogP contribution in [0.25, 0.3) is 11.1 Å². The molecule has 3 aromatic rings. The zero-order valence-corrected chi connectivity index (χ0v) is 22.7. The standard InChI is InChI=1S/C28H30N4O8S/c29-27(35)30-13-5-10-24(26(34)31-18-12-11-17(15-33)25(14-18)41(37,38)39)32-28(36)40-16-23-21-8-3-1-6-19(21)20-7-2-4-9-22(20)23/h1-4,6-9,11-12,14,23-24,33H,5,10,13,15-16H2,(H,31,34)(H,32,36)(H3,29,30,35)(H,37,38,39). The van der Waals surface area contributed by atoms with Crippen LogP contribution in [-0.4, -0.2) is 55.3 Å². The summed E-state index contributed by atoms with van der Waals surface area (Å²) in [5.74, 6) is -0.889. The van der Waals surface area contributed by atoms with Gasteiger partial charge in [-0.1, -0.05) is 54.6 Å². The van der Waals surface area contributed by atoms with Gasteiger partial charge in [0.05, 0.1) is 6.61 Å². The summed E-state index contributed by atoms with van der Waals surface area (Å²) in [6.07, 6.45) is -0.496. The van der Waals surface area contributed by atoms with Crippen molar-refractivity contribution in [2.75, 3.05) is 18.5 Å². The van der Waals surface area contributed by atoms with Crippen LogP contribution in [0.2, 0.25) is 0 Å². The Balaban J connectivity index is 1.46. The van der Waals surface area contributed by atoms with E-state index in [1.165, 1.54) is 12.1 Å². The highest BCUT2D eigenvalue weighted by molar-refractivity contribution is 7.85. The molecule has 0 radical (unpaired) electrons. The van der Waals surface area contributed by atoms with Crippen molar-refractivity contribution in [3.8, 4) is 11.1 Å². The van der Waals surface area contributed by atoms with Crippen molar-refractivity contribution in [2.45, 2.75) is 36.3 Å². The van der Waals surface area contributed by atoms with E-state index in [0.29, 0.717) is 0 Å².